The third kappa shape index (κ3) is 4.06. The fourth-order valence-corrected chi connectivity index (χ4v) is 7.20. The van der Waals surface area contributed by atoms with E-state index in [1.54, 1.807) is 11.3 Å². The van der Waals surface area contributed by atoms with E-state index in [1.165, 1.54) is 28.6 Å². The molecule has 1 saturated heterocycles. The van der Waals surface area contributed by atoms with Crippen LogP contribution < -0.4 is 10.9 Å². The van der Waals surface area contributed by atoms with Crippen LogP contribution in [0.5, 0.6) is 0 Å². The maximum atomic E-state index is 13.6. The summed E-state index contributed by atoms with van der Waals surface area (Å²) in [6.45, 7) is 1.36. The zero-order valence-electron chi connectivity index (χ0n) is 17.3. The number of aryl methyl sites for hydroxylation is 2. The zero-order chi connectivity index (χ0) is 20.5. The molecule has 8 heteroatoms. The second kappa shape index (κ2) is 9.01. The molecule has 1 N–H and O–H groups in total. The monoisotopic (exact) mass is 447 g/mol. The van der Waals surface area contributed by atoms with Gasteiger partial charge in [0.25, 0.3) is 5.56 Å². The van der Waals surface area contributed by atoms with Gasteiger partial charge in [0.15, 0.2) is 5.16 Å². The van der Waals surface area contributed by atoms with Crippen LogP contribution in [-0.2, 0) is 22.4 Å². The van der Waals surface area contributed by atoms with Gasteiger partial charge in [-0.2, -0.15) is 0 Å². The highest BCUT2D eigenvalue weighted by molar-refractivity contribution is 7.99. The van der Waals surface area contributed by atoms with Crippen molar-refractivity contribution < 1.29 is 9.53 Å². The number of thioether (sulfide) groups is 1. The number of ether oxygens (including phenoxy) is 1. The quantitative estimate of drug-likeness (QED) is 0.538. The Kier molecular flexibility index (Phi) is 6.16. The molecule has 3 aliphatic rings. The van der Waals surface area contributed by atoms with E-state index in [0.717, 1.165) is 74.6 Å². The lowest BCUT2D eigenvalue weighted by Gasteiger charge is -2.18. The van der Waals surface area contributed by atoms with E-state index >= 15 is 0 Å². The number of carbonyl (C=O) groups is 1. The van der Waals surface area contributed by atoms with Crippen LogP contribution in [0.4, 0.5) is 0 Å². The highest BCUT2D eigenvalue weighted by Gasteiger charge is 2.27. The highest BCUT2D eigenvalue weighted by Crippen LogP contribution is 2.37. The zero-order valence-corrected chi connectivity index (χ0v) is 18.9. The molecule has 2 fully saturated rings. The summed E-state index contributed by atoms with van der Waals surface area (Å²) in [4.78, 5) is 33.2. The summed E-state index contributed by atoms with van der Waals surface area (Å²) in [7, 11) is 0. The molecule has 2 aromatic heterocycles. The lowest BCUT2D eigenvalue weighted by Crippen LogP contribution is -2.33. The Hall–Kier alpha value is -1.38. The van der Waals surface area contributed by atoms with Gasteiger partial charge in [0, 0.05) is 24.1 Å². The number of hydrogen-bond donors (Lipinski definition) is 1. The molecule has 0 bridgehead atoms. The van der Waals surface area contributed by atoms with Crippen molar-refractivity contribution >= 4 is 39.2 Å². The molecule has 5 rings (SSSR count). The number of nitrogens with zero attached hydrogens (tertiary/aromatic N) is 2. The van der Waals surface area contributed by atoms with Crippen LogP contribution in [0.25, 0.3) is 10.2 Å². The fraction of sp³-hybridized carbons (Fsp3) is 0.682. The van der Waals surface area contributed by atoms with Crippen molar-refractivity contribution in [3.05, 3.63) is 20.8 Å². The first-order valence-corrected chi connectivity index (χ1v) is 13.1. The first kappa shape index (κ1) is 20.5. The topological polar surface area (TPSA) is 73.2 Å². The van der Waals surface area contributed by atoms with Gasteiger partial charge in [0.05, 0.1) is 17.2 Å². The summed E-state index contributed by atoms with van der Waals surface area (Å²) in [5.41, 5.74) is 1.37. The molecule has 3 heterocycles. The molecule has 30 heavy (non-hydrogen) atoms. The summed E-state index contributed by atoms with van der Waals surface area (Å²) in [6, 6.07) is 0.214. The lowest BCUT2D eigenvalue weighted by atomic mass is 9.97. The molecule has 1 aliphatic heterocycles. The Balaban J connectivity index is 1.40. The molecule has 0 aromatic carbocycles. The number of rotatable bonds is 6. The molecule has 1 saturated carbocycles. The van der Waals surface area contributed by atoms with E-state index in [1.807, 2.05) is 4.57 Å². The minimum Gasteiger partial charge on any atom is -0.376 e. The van der Waals surface area contributed by atoms with Crippen LogP contribution >= 0.6 is 23.1 Å². The third-order valence-electron chi connectivity index (χ3n) is 6.56. The lowest BCUT2D eigenvalue weighted by molar-refractivity contribution is -0.119. The summed E-state index contributed by atoms with van der Waals surface area (Å²) >= 11 is 3.09. The fourth-order valence-electron chi connectivity index (χ4n) is 5.00. The minimum atomic E-state index is -0.0201. The van der Waals surface area contributed by atoms with E-state index in [2.05, 4.69) is 5.32 Å². The maximum Gasteiger partial charge on any atom is 0.263 e. The van der Waals surface area contributed by atoms with Crippen molar-refractivity contribution in [2.75, 3.05) is 18.9 Å². The number of aromatic nitrogens is 2. The molecule has 162 valence electrons. The van der Waals surface area contributed by atoms with Crippen molar-refractivity contribution in [2.24, 2.45) is 0 Å². The molecule has 6 nitrogen and oxygen atoms in total. The van der Waals surface area contributed by atoms with Gasteiger partial charge in [0.2, 0.25) is 5.91 Å². The smallest absolute Gasteiger partial charge is 0.263 e. The number of carbonyl (C=O) groups excluding carboxylic acids is 1. The van der Waals surface area contributed by atoms with Crippen LogP contribution in [0.15, 0.2) is 9.95 Å². The van der Waals surface area contributed by atoms with E-state index < -0.39 is 0 Å². The van der Waals surface area contributed by atoms with Gasteiger partial charge < -0.3 is 10.1 Å². The largest absolute Gasteiger partial charge is 0.376 e. The molecule has 0 radical (unpaired) electrons. The maximum absolute atomic E-state index is 13.6. The van der Waals surface area contributed by atoms with Gasteiger partial charge in [-0.15, -0.1) is 11.3 Å². The van der Waals surface area contributed by atoms with Crippen LogP contribution in [0, 0.1) is 0 Å². The van der Waals surface area contributed by atoms with Crippen molar-refractivity contribution in [2.45, 2.75) is 81.5 Å². The van der Waals surface area contributed by atoms with Crippen LogP contribution in [0.2, 0.25) is 0 Å². The van der Waals surface area contributed by atoms with E-state index in [0.29, 0.717) is 11.7 Å². The average molecular weight is 448 g/mol. The molecule has 0 spiro atoms. The summed E-state index contributed by atoms with van der Waals surface area (Å²) in [6.07, 6.45) is 11.0. The molecular weight excluding hydrogens is 418 g/mol. The number of amides is 1. The Bertz CT molecular complexity index is 988. The van der Waals surface area contributed by atoms with E-state index in [9.17, 15) is 9.59 Å². The van der Waals surface area contributed by atoms with Gasteiger partial charge in [0.1, 0.15) is 4.83 Å². The van der Waals surface area contributed by atoms with Gasteiger partial charge in [-0.05, 0) is 56.9 Å². The normalized spacial score (nSPS) is 21.9. The summed E-state index contributed by atoms with van der Waals surface area (Å²) < 4.78 is 7.50. The Labute approximate surface area is 184 Å². The van der Waals surface area contributed by atoms with Crippen molar-refractivity contribution in [1.29, 1.82) is 0 Å². The van der Waals surface area contributed by atoms with Crippen molar-refractivity contribution in [3.63, 3.8) is 0 Å². The average Bonchev–Trinajstić information content (AvgIpc) is 3.51. The predicted molar refractivity (Wildman–Crippen MR) is 121 cm³/mol. The molecule has 1 atom stereocenters. The second-order valence-corrected chi connectivity index (χ2v) is 10.7. The van der Waals surface area contributed by atoms with Crippen molar-refractivity contribution in [1.82, 2.24) is 14.9 Å². The number of hydrogen-bond acceptors (Lipinski definition) is 6. The number of nitrogens with one attached hydrogen (secondary N) is 1. The molecule has 1 amide bonds. The standard InChI is InChI=1S/C22H29N3O3S2/c26-18(23-12-15-8-5-11-28-15)13-29-22-24-20-19(16-9-3-4-10-17(16)30-20)21(27)25(22)14-6-1-2-7-14/h14-15H,1-13H2,(H,23,26)/t15-/m1/s1. The van der Waals surface area contributed by atoms with Crippen LogP contribution in [0.3, 0.4) is 0 Å². The molecular formula is C22H29N3O3S2. The Morgan fingerprint density at radius 2 is 2.00 bits per heavy atom. The van der Waals surface area contributed by atoms with Gasteiger partial charge >= 0.3 is 0 Å². The summed E-state index contributed by atoms with van der Waals surface area (Å²) in [5, 5.41) is 4.55. The molecule has 2 aliphatic carbocycles. The van der Waals surface area contributed by atoms with Gasteiger partial charge in [-0.25, -0.2) is 4.98 Å². The third-order valence-corrected chi connectivity index (χ3v) is 8.70. The van der Waals surface area contributed by atoms with Gasteiger partial charge in [-0.1, -0.05) is 24.6 Å². The van der Waals surface area contributed by atoms with E-state index in [-0.39, 0.29) is 29.4 Å². The number of fused-ring (bicyclic) bond motifs is 3. The molecule has 0 unspecified atom stereocenters. The number of thiophene rings is 1. The van der Waals surface area contributed by atoms with Crippen LogP contribution in [-0.4, -0.2) is 40.5 Å². The minimum absolute atomic E-state index is 0.0201. The summed E-state index contributed by atoms with van der Waals surface area (Å²) in [5.74, 6) is 0.260. The first-order chi connectivity index (χ1) is 14.7. The Morgan fingerprint density at radius 3 is 2.80 bits per heavy atom. The van der Waals surface area contributed by atoms with Crippen LogP contribution in [0.1, 0.15) is 67.8 Å². The highest BCUT2D eigenvalue weighted by atomic mass is 32.2. The predicted octanol–water partition coefficient (Wildman–Crippen LogP) is 3.84. The first-order valence-electron chi connectivity index (χ1n) is 11.3. The van der Waals surface area contributed by atoms with Crippen molar-refractivity contribution in [3.8, 4) is 0 Å². The Morgan fingerprint density at radius 1 is 1.17 bits per heavy atom. The van der Waals surface area contributed by atoms with E-state index in [4.69, 9.17) is 9.72 Å². The SMILES string of the molecule is O=C(CSc1nc2sc3c(c2c(=O)n1C1CCCC1)CCCC3)NC[C@H]1CCCO1. The molecule has 2 aromatic rings. The second-order valence-electron chi connectivity index (χ2n) is 8.63. The van der Waals surface area contributed by atoms with Gasteiger partial charge in [-0.3, -0.25) is 14.2 Å².